The zero-order chi connectivity index (χ0) is 12.3. The second kappa shape index (κ2) is 4.88. The van der Waals surface area contributed by atoms with Gasteiger partial charge in [0.15, 0.2) is 5.82 Å². The molecule has 7 heteroatoms. The van der Waals surface area contributed by atoms with Gasteiger partial charge in [0.2, 0.25) is 0 Å². The summed E-state index contributed by atoms with van der Waals surface area (Å²) in [4.78, 5) is 15.8. The molecule has 0 atom stereocenters. The molecule has 2 heterocycles. The summed E-state index contributed by atoms with van der Waals surface area (Å²) in [5.74, 6) is 0.360. The van der Waals surface area contributed by atoms with Crippen LogP contribution in [0.4, 0.5) is 5.82 Å². The normalized spacial score (nSPS) is 10.9. The zero-order valence-corrected chi connectivity index (χ0v) is 10.2. The van der Waals surface area contributed by atoms with Gasteiger partial charge in [0.05, 0.1) is 6.21 Å². The lowest BCUT2D eigenvalue weighted by molar-refractivity contribution is 0.879. The van der Waals surface area contributed by atoms with Gasteiger partial charge in [-0.05, 0) is 30.9 Å². The second-order valence-corrected chi connectivity index (χ2v) is 4.36. The fourth-order valence-corrected chi connectivity index (χ4v) is 1.95. The number of hydrogen-bond acceptors (Lipinski definition) is 6. The Morgan fingerprint density at radius 1 is 1.53 bits per heavy atom. The topological polar surface area (TPSA) is 83.0 Å². The average molecular weight is 249 g/mol. The van der Waals surface area contributed by atoms with E-state index in [0.717, 1.165) is 10.4 Å². The number of H-pyrrole nitrogens is 1. The highest BCUT2D eigenvalue weighted by Crippen LogP contribution is 2.12. The Balaban J connectivity index is 2.12. The summed E-state index contributed by atoms with van der Waals surface area (Å²) in [5.41, 5.74) is 3.95. The number of aryl methyl sites for hydroxylation is 2. The molecule has 0 amide bonds. The van der Waals surface area contributed by atoms with Gasteiger partial charge in [-0.1, -0.05) is 0 Å². The van der Waals surface area contributed by atoms with Gasteiger partial charge in [0.25, 0.3) is 0 Å². The predicted molar refractivity (Wildman–Crippen MR) is 67.7 cm³/mol. The lowest BCUT2D eigenvalue weighted by atomic mass is 10.3. The van der Waals surface area contributed by atoms with Crippen molar-refractivity contribution in [1.82, 2.24) is 15.2 Å². The van der Waals surface area contributed by atoms with Crippen LogP contribution in [0.2, 0.25) is 0 Å². The highest BCUT2D eigenvalue weighted by Gasteiger charge is 2.00. The second-order valence-electron chi connectivity index (χ2n) is 3.41. The van der Waals surface area contributed by atoms with Gasteiger partial charge in [0.1, 0.15) is 5.69 Å². The maximum atomic E-state index is 11.0. The number of nitrogens with one attached hydrogen (secondary N) is 2. The molecule has 0 saturated carbocycles. The highest BCUT2D eigenvalue weighted by molar-refractivity contribution is 7.11. The molecule has 2 N–H and O–H groups in total. The van der Waals surface area contributed by atoms with Crippen LogP contribution in [0.3, 0.4) is 0 Å². The summed E-state index contributed by atoms with van der Waals surface area (Å²) in [6, 6.07) is 2.02. The molecular formula is C10H11N5OS. The Labute approximate surface area is 101 Å². The molecule has 2 aromatic heterocycles. The number of aromatic nitrogens is 3. The van der Waals surface area contributed by atoms with E-state index in [4.69, 9.17) is 0 Å². The van der Waals surface area contributed by atoms with Crippen molar-refractivity contribution in [1.29, 1.82) is 0 Å². The molecule has 0 aliphatic heterocycles. The van der Waals surface area contributed by atoms with Crippen LogP contribution >= 0.6 is 11.3 Å². The minimum atomic E-state index is -0.499. The van der Waals surface area contributed by atoms with E-state index in [9.17, 15) is 4.79 Å². The molecule has 2 rings (SSSR count). The van der Waals surface area contributed by atoms with Crippen molar-refractivity contribution in [3.8, 4) is 0 Å². The van der Waals surface area contributed by atoms with Crippen LogP contribution in [0.15, 0.2) is 21.3 Å². The number of aromatic amines is 1. The van der Waals surface area contributed by atoms with Gasteiger partial charge in [-0.25, -0.2) is 9.89 Å². The summed E-state index contributed by atoms with van der Waals surface area (Å²) in [5, 5.41) is 12.0. The first-order chi connectivity index (χ1) is 8.16. The SMILES string of the molecule is Cc1ccsc1C=NNc1nc(=O)[nH]nc1C. The standard InChI is InChI=1S/C10H11N5OS/c1-6-3-4-17-8(6)5-11-14-9-7(2)13-15-10(16)12-9/h3-5H,1-2H3,(H2,12,14,15,16). The molecule has 17 heavy (non-hydrogen) atoms. The molecule has 0 spiro atoms. The van der Waals surface area contributed by atoms with Crippen LogP contribution in [0, 0.1) is 13.8 Å². The fraction of sp³-hybridized carbons (Fsp3) is 0.200. The van der Waals surface area contributed by atoms with Crippen LogP contribution in [-0.4, -0.2) is 21.4 Å². The average Bonchev–Trinajstić information content (AvgIpc) is 2.70. The maximum Gasteiger partial charge on any atom is 0.363 e. The van der Waals surface area contributed by atoms with Gasteiger partial charge in [-0.2, -0.15) is 15.2 Å². The first-order valence-corrected chi connectivity index (χ1v) is 5.81. The van der Waals surface area contributed by atoms with Crippen molar-refractivity contribution >= 4 is 23.4 Å². The van der Waals surface area contributed by atoms with Crippen molar-refractivity contribution in [3.05, 3.63) is 38.1 Å². The van der Waals surface area contributed by atoms with E-state index < -0.39 is 5.69 Å². The highest BCUT2D eigenvalue weighted by atomic mass is 32.1. The maximum absolute atomic E-state index is 11.0. The summed E-state index contributed by atoms with van der Waals surface area (Å²) >= 11 is 1.60. The van der Waals surface area contributed by atoms with Gasteiger partial charge in [-0.15, -0.1) is 11.3 Å². The van der Waals surface area contributed by atoms with Crippen LogP contribution < -0.4 is 11.1 Å². The largest absolute Gasteiger partial charge is 0.363 e. The first-order valence-electron chi connectivity index (χ1n) is 4.93. The smallest absolute Gasteiger partial charge is 0.260 e. The molecule has 0 fully saturated rings. The van der Waals surface area contributed by atoms with Gasteiger partial charge in [-0.3, -0.25) is 5.43 Å². The van der Waals surface area contributed by atoms with Crippen molar-refractivity contribution in [3.63, 3.8) is 0 Å². The van der Waals surface area contributed by atoms with E-state index in [1.807, 2.05) is 18.4 Å². The number of anilines is 1. The Morgan fingerprint density at radius 3 is 3.06 bits per heavy atom. The molecule has 0 bridgehead atoms. The van der Waals surface area contributed by atoms with Crippen LogP contribution in [0.5, 0.6) is 0 Å². The van der Waals surface area contributed by atoms with Crippen molar-refractivity contribution in [2.24, 2.45) is 5.10 Å². The van der Waals surface area contributed by atoms with Crippen LogP contribution in [-0.2, 0) is 0 Å². The molecule has 0 aliphatic carbocycles. The van der Waals surface area contributed by atoms with E-state index >= 15 is 0 Å². The van der Waals surface area contributed by atoms with E-state index in [-0.39, 0.29) is 0 Å². The molecule has 0 aliphatic rings. The summed E-state index contributed by atoms with van der Waals surface area (Å²) < 4.78 is 0. The number of rotatable bonds is 3. The number of thiophene rings is 1. The number of nitrogens with zero attached hydrogens (tertiary/aromatic N) is 3. The van der Waals surface area contributed by atoms with E-state index in [1.165, 1.54) is 0 Å². The number of hydrogen-bond donors (Lipinski definition) is 2. The van der Waals surface area contributed by atoms with Crippen LogP contribution in [0.25, 0.3) is 0 Å². The van der Waals surface area contributed by atoms with Crippen LogP contribution in [0.1, 0.15) is 16.1 Å². The molecule has 88 valence electrons. The van der Waals surface area contributed by atoms with E-state index in [2.05, 4.69) is 25.7 Å². The molecule has 0 radical (unpaired) electrons. The Morgan fingerprint density at radius 2 is 2.35 bits per heavy atom. The first kappa shape index (κ1) is 11.5. The summed E-state index contributed by atoms with van der Waals surface area (Å²) in [6.07, 6.45) is 1.70. The lowest BCUT2D eigenvalue weighted by Gasteiger charge is -1.99. The number of hydrazone groups is 1. The summed E-state index contributed by atoms with van der Waals surface area (Å²) in [7, 11) is 0. The van der Waals surface area contributed by atoms with E-state index in [0.29, 0.717) is 11.5 Å². The van der Waals surface area contributed by atoms with E-state index in [1.54, 1.807) is 24.5 Å². The monoisotopic (exact) mass is 249 g/mol. The third-order valence-electron chi connectivity index (χ3n) is 2.13. The Kier molecular flexibility index (Phi) is 3.29. The van der Waals surface area contributed by atoms with Crippen molar-refractivity contribution in [2.75, 3.05) is 5.43 Å². The van der Waals surface area contributed by atoms with Crippen molar-refractivity contribution < 1.29 is 0 Å². The lowest BCUT2D eigenvalue weighted by Crippen LogP contribution is -2.15. The fourth-order valence-electron chi connectivity index (χ4n) is 1.17. The molecule has 6 nitrogen and oxygen atoms in total. The third kappa shape index (κ3) is 2.76. The quantitative estimate of drug-likeness (QED) is 0.634. The minimum Gasteiger partial charge on any atom is -0.260 e. The molecule has 0 unspecified atom stereocenters. The molecule has 2 aromatic rings. The molecular weight excluding hydrogens is 238 g/mol. The Hall–Kier alpha value is -2.02. The van der Waals surface area contributed by atoms with Gasteiger partial charge in [0, 0.05) is 4.88 Å². The van der Waals surface area contributed by atoms with Gasteiger partial charge >= 0.3 is 5.69 Å². The molecule has 0 saturated heterocycles. The predicted octanol–water partition coefficient (Wildman–Crippen LogP) is 1.29. The molecule has 0 aromatic carbocycles. The zero-order valence-electron chi connectivity index (χ0n) is 9.39. The summed E-state index contributed by atoms with van der Waals surface area (Å²) in [6.45, 7) is 3.74. The Bertz CT molecular complexity index is 601. The van der Waals surface area contributed by atoms with Crippen molar-refractivity contribution in [2.45, 2.75) is 13.8 Å². The van der Waals surface area contributed by atoms with Gasteiger partial charge < -0.3 is 0 Å². The minimum absolute atomic E-state index is 0.360. The third-order valence-corrected chi connectivity index (χ3v) is 3.08.